The number of amides is 2. The Morgan fingerprint density at radius 2 is 2.37 bits per heavy atom. The highest BCUT2D eigenvalue weighted by atomic mass is 32.1. The molecule has 0 atom stereocenters. The molecule has 0 saturated carbocycles. The Kier molecular flexibility index (Phi) is 4.57. The van der Waals surface area contributed by atoms with Gasteiger partial charge in [-0.25, -0.2) is 4.79 Å². The summed E-state index contributed by atoms with van der Waals surface area (Å²) in [4.78, 5) is 13.6. The number of nitrogens with zero attached hydrogens (tertiary/aromatic N) is 3. The predicted molar refractivity (Wildman–Crippen MR) is 75.9 cm³/mol. The summed E-state index contributed by atoms with van der Waals surface area (Å²) in [6.45, 7) is 4.01. The zero-order chi connectivity index (χ0) is 13.7. The smallest absolute Gasteiger partial charge is 0.317 e. The first kappa shape index (κ1) is 13.6. The molecule has 19 heavy (non-hydrogen) atoms. The van der Waals surface area contributed by atoms with E-state index in [0.717, 1.165) is 17.7 Å². The van der Waals surface area contributed by atoms with Gasteiger partial charge in [-0.15, -0.1) is 0 Å². The highest BCUT2D eigenvalue weighted by molar-refractivity contribution is 7.07. The van der Waals surface area contributed by atoms with E-state index >= 15 is 0 Å². The average molecular weight is 278 g/mol. The van der Waals surface area contributed by atoms with Gasteiger partial charge in [0.1, 0.15) is 0 Å². The molecule has 0 fully saturated rings. The van der Waals surface area contributed by atoms with Gasteiger partial charge in [0.2, 0.25) is 0 Å². The largest absolute Gasteiger partial charge is 0.334 e. The van der Waals surface area contributed by atoms with E-state index in [-0.39, 0.29) is 6.03 Å². The first-order chi connectivity index (χ1) is 9.19. The van der Waals surface area contributed by atoms with Crippen molar-refractivity contribution in [2.75, 3.05) is 7.05 Å². The Bertz CT molecular complexity index is 520. The second-order valence-electron chi connectivity index (χ2n) is 4.35. The van der Waals surface area contributed by atoms with E-state index in [9.17, 15) is 4.79 Å². The third-order valence-electron chi connectivity index (χ3n) is 2.80. The van der Waals surface area contributed by atoms with Gasteiger partial charge in [0.25, 0.3) is 0 Å². The minimum atomic E-state index is -0.0737. The molecule has 1 N–H and O–H groups in total. The molecule has 6 heteroatoms. The van der Waals surface area contributed by atoms with Gasteiger partial charge in [-0.2, -0.15) is 16.4 Å². The van der Waals surface area contributed by atoms with Crippen LogP contribution < -0.4 is 5.32 Å². The Morgan fingerprint density at radius 3 is 3.00 bits per heavy atom. The zero-order valence-electron chi connectivity index (χ0n) is 11.2. The molecule has 2 amide bonds. The van der Waals surface area contributed by atoms with Crippen molar-refractivity contribution in [3.8, 4) is 0 Å². The number of hydrogen-bond donors (Lipinski definition) is 1. The summed E-state index contributed by atoms with van der Waals surface area (Å²) in [7, 11) is 1.79. The zero-order valence-corrected chi connectivity index (χ0v) is 12.0. The summed E-state index contributed by atoms with van der Waals surface area (Å²) in [5.74, 6) is 0. The number of thiophene rings is 1. The summed E-state index contributed by atoms with van der Waals surface area (Å²) in [5, 5.41) is 11.1. The van der Waals surface area contributed by atoms with E-state index in [1.807, 2.05) is 29.2 Å². The van der Waals surface area contributed by atoms with Crippen LogP contribution in [0.3, 0.4) is 0 Å². The minimum Gasteiger partial charge on any atom is -0.334 e. The van der Waals surface area contributed by atoms with Gasteiger partial charge in [0.15, 0.2) is 0 Å². The molecule has 0 aliphatic rings. The molecule has 0 aromatic carbocycles. The molecule has 2 aromatic heterocycles. The number of nitrogens with one attached hydrogen (secondary N) is 1. The molecule has 5 nitrogen and oxygen atoms in total. The number of aromatic nitrogens is 2. The molecule has 0 aliphatic heterocycles. The van der Waals surface area contributed by atoms with Crippen LogP contribution in [0.15, 0.2) is 29.2 Å². The predicted octanol–water partition coefficient (Wildman–Crippen LogP) is 2.31. The maximum absolute atomic E-state index is 11.9. The first-order valence-electron chi connectivity index (χ1n) is 6.20. The first-order valence-corrected chi connectivity index (χ1v) is 7.14. The molecule has 0 unspecified atom stereocenters. The van der Waals surface area contributed by atoms with Gasteiger partial charge in [0, 0.05) is 38.4 Å². The fourth-order valence-corrected chi connectivity index (χ4v) is 2.37. The Hall–Kier alpha value is -1.82. The van der Waals surface area contributed by atoms with E-state index < -0.39 is 0 Å². The van der Waals surface area contributed by atoms with Crippen LogP contribution in [0.4, 0.5) is 4.79 Å². The van der Waals surface area contributed by atoms with Crippen molar-refractivity contribution in [2.24, 2.45) is 0 Å². The van der Waals surface area contributed by atoms with Crippen LogP contribution in [0.25, 0.3) is 0 Å². The second kappa shape index (κ2) is 6.38. The molecule has 2 aromatic rings. The Balaban J connectivity index is 1.80. The van der Waals surface area contributed by atoms with E-state index in [0.29, 0.717) is 13.1 Å². The summed E-state index contributed by atoms with van der Waals surface area (Å²) in [5.41, 5.74) is 2.17. The molecule has 0 saturated heterocycles. The van der Waals surface area contributed by atoms with Gasteiger partial charge >= 0.3 is 6.03 Å². The molecule has 0 bridgehead atoms. The van der Waals surface area contributed by atoms with E-state index in [1.165, 1.54) is 0 Å². The van der Waals surface area contributed by atoms with Crippen molar-refractivity contribution >= 4 is 17.4 Å². The normalized spacial score (nSPS) is 10.4. The van der Waals surface area contributed by atoms with Crippen molar-refractivity contribution in [3.05, 3.63) is 40.3 Å². The Morgan fingerprint density at radius 1 is 1.53 bits per heavy atom. The molecule has 2 heterocycles. The van der Waals surface area contributed by atoms with E-state index in [1.54, 1.807) is 29.5 Å². The van der Waals surface area contributed by atoms with Crippen molar-refractivity contribution in [1.82, 2.24) is 20.0 Å². The molecule has 0 aliphatic carbocycles. The van der Waals surface area contributed by atoms with Gasteiger partial charge in [-0.05, 0) is 29.3 Å². The average Bonchev–Trinajstić information content (AvgIpc) is 3.06. The standard InChI is InChI=1S/C13H18N4OS/c1-3-17-9-12(7-15-17)6-14-13(18)16(2)8-11-4-5-19-10-11/h4-5,7,9-10H,3,6,8H2,1-2H3,(H,14,18). The summed E-state index contributed by atoms with van der Waals surface area (Å²) >= 11 is 1.64. The maximum Gasteiger partial charge on any atom is 0.317 e. The fourth-order valence-electron chi connectivity index (χ4n) is 1.71. The van der Waals surface area contributed by atoms with Crippen molar-refractivity contribution in [1.29, 1.82) is 0 Å². The van der Waals surface area contributed by atoms with Crippen LogP contribution in [0.2, 0.25) is 0 Å². The maximum atomic E-state index is 11.9. The molecular weight excluding hydrogens is 260 g/mol. The lowest BCUT2D eigenvalue weighted by Gasteiger charge is -2.16. The van der Waals surface area contributed by atoms with Crippen LogP contribution >= 0.6 is 11.3 Å². The van der Waals surface area contributed by atoms with Gasteiger partial charge in [-0.1, -0.05) is 0 Å². The van der Waals surface area contributed by atoms with Crippen LogP contribution in [0.1, 0.15) is 18.1 Å². The number of carbonyl (C=O) groups is 1. The third kappa shape index (κ3) is 3.82. The highest BCUT2D eigenvalue weighted by Gasteiger charge is 2.09. The van der Waals surface area contributed by atoms with Crippen molar-refractivity contribution in [2.45, 2.75) is 26.6 Å². The van der Waals surface area contributed by atoms with E-state index in [2.05, 4.69) is 15.8 Å². The number of aryl methyl sites for hydroxylation is 1. The third-order valence-corrected chi connectivity index (χ3v) is 3.53. The van der Waals surface area contributed by atoms with Crippen molar-refractivity contribution in [3.63, 3.8) is 0 Å². The van der Waals surface area contributed by atoms with Gasteiger partial charge in [0.05, 0.1) is 6.20 Å². The summed E-state index contributed by atoms with van der Waals surface area (Å²) in [6, 6.07) is 1.95. The lowest BCUT2D eigenvalue weighted by Crippen LogP contribution is -2.36. The number of carbonyl (C=O) groups excluding carboxylic acids is 1. The minimum absolute atomic E-state index is 0.0737. The molecule has 2 rings (SSSR count). The number of urea groups is 1. The van der Waals surface area contributed by atoms with Crippen LogP contribution in [0, 0.1) is 0 Å². The lowest BCUT2D eigenvalue weighted by atomic mass is 10.3. The SMILES string of the molecule is CCn1cc(CNC(=O)N(C)Cc2ccsc2)cn1. The lowest BCUT2D eigenvalue weighted by molar-refractivity contribution is 0.206. The molecular formula is C13H18N4OS. The van der Waals surface area contributed by atoms with Crippen molar-refractivity contribution < 1.29 is 4.79 Å². The second-order valence-corrected chi connectivity index (χ2v) is 5.13. The fraction of sp³-hybridized carbons (Fsp3) is 0.385. The monoisotopic (exact) mass is 278 g/mol. The molecule has 102 valence electrons. The summed E-state index contributed by atoms with van der Waals surface area (Å²) < 4.78 is 1.84. The summed E-state index contributed by atoms with van der Waals surface area (Å²) in [6.07, 6.45) is 3.72. The Labute approximate surface area is 116 Å². The number of rotatable bonds is 5. The quantitative estimate of drug-likeness (QED) is 0.912. The number of hydrogen-bond acceptors (Lipinski definition) is 3. The van der Waals surface area contributed by atoms with Gasteiger partial charge in [-0.3, -0.25) is 4.68 Å². The van der Waals surface area contributed by atoms with Crippen LogP contribution in [0.5, 0.6) is 0 Å². The van der Waals surface area contributed by atoms with Crippen LogP contribution in [-0.2, 0) is 19.6 Å². The van der Waals surface area contributed by atoms with Gasteiger partial charge < -0.3 is 10.2 Å². The highest BCUT2D eigenvalue weighted by Crippen LogP contribution is 2.08. The topological polar surface area (TPSA) is 50.2 Å². The molecule has 0 spiro atoms. The molecule has 0 radical (unpaired) electrons. The van der Waals surface area contributed by atoms with Crippen LogP contribution in [-0.4, -0.2) is 27.8 Å². The van der Waals surface area contributed by atoms with E-state index in [4.69, 9.17) is 0 Å².